The van der Waals surface area contributed by atoms with Crippen molar-refractivity contribution in [2.24, 2.45) is 17.0 Å². The summed E-state index contributed by atoms with van der Waals surface area (Å²) in [5, 5.41) is 3.35. The van der Waals surface area contributed by atoms with Gasteiger partial charge in [-0.1, -0.05) is 41.6 Å². The van der Waals surface area contributed by atoms with Gasteiger partial charge in [0.25, 0.3) is 0 Å². The SMILES string of the molecule is O=NC(C1C=CC=CC1)C1C=CCCC1. The van der Waals surface area contributed by atoms with E-state index < -0.39 is 0 Å². The van der Waals surface area contributed by atoms with Crippen LogP contribution < -0.4 is 0 Å². The Balaban J connectivity index is 2.05. The first kappa shape index (κ1) is 10.3. The highest BCUT2D eigenvalue weighted by Crippen LogP contribution is 2.30. The largest absolute Gasteiger partial charge is 0.150 e. The minimum atomic E-state index is -0.0669. The Kier molecular flexibility index (Phi) is 3.49. The number of rotatable bonds is 3. The highest BCUT2D eigenvalue weighted by molar-refractivity contribution is 5.15. The summed E-state index contributed by atoms with van der Waals surface area (Å²) >= 11 is 0. The first-order valence-corrected chi connectivity index (χ1v) is 5.74. The zero-order valence-electron chi connectivity index (χ0n) is 8.88. The van der Waals surface area contributed by atoms with Crippen molar-refractivity contribution in [1.29, 1.82) is 0 Å². The predicted octanol–water partition coefficient (Wildman–Crippen LogP) is 3.61. The lowest BCUT2D eigenvalue weighted by atomic mass is 9.80. The van der Waals surface area contributed by atoms with Crippen LogP contribution in [-0.2, 0) is 0 Å². The molecule has 0 radical (unpaired) electrons. The van der Waals surface area contributed by atoms with Gasteiger partial charge in [0.05, 0.1) is 0 Å². The maximum absolute atomic E-state index is 11.0. The van der Waals surface area contributed by atoms with E-state index in [4.69, 9.17) is 0 Å². The number of hydrogen-bond donors (Lipinski definition) is 0. The van der Waals surface area contributed by atoms with E-state index in [2.05, 4.69) is 29.5 Å². The molecule has 15 heavy (non-hydrogen) atoms. The van der Waals surface area contributed by atoms with Crippen LogP contribution in [0.2, 0.25) is 0 Å². The molecule has 0 aromatic carbocycles. The van der Waals surface area contributed by atoms with Gasteiger partial charge in [0.2, 0.25) is 0 Å². The minimum absolute atomic E-state index is 0.0669. The molecule has 0 aromatic rings. The lowest BCUT2D eigenvalue weighted by molar-refractivity contribution is 0.369. The summed E-state index contributed by atoms with van der Waals surface area (Å²) in [7, 11) is 0. The fourth-order valence-corrected chi connectivity index (χ4v) is 2.45. The highest BCUT2D eigenvalue weighted by atomic mass is 16.3. The quantitative estimate of drug-likeness (QED) is 0.509. The van der Waals surface area contributed by atoms with Gasteiger partial charge in [0.1, 0.15) is 6.04 Å². The van der Waals surface area contributed by atoms with Crippen LogP contribution in [0.5, 0.6) is 0 Å². The molecule has 0 fully saturated rings. The van der Waals surface area contributed by atoms with E-state index in [0.717, 1.165) is 19.3 Å². The normalized spacial score (nSPS) is 31.5. The minimum Gasteiger partial charge on any atom is -0.150 e. The molecule has 2 aliphatic carbocycles. The standard InChI is InChI=1S/C13H17NO/c15-14-13(11-7-3-1-4-8-11)12-9-5-2-6-10-12/h1,3-5,7,9,11-13H,2,6,8,10H2. The van der Waals surface area contributed by atoms with Crippen LogP contribution in [0.25, 0.3) is 0 Å². The Hall–Kier alpha value is -1.18. The number of allylic oxidation sites excluding steroid dienone is 4. The van der Waals surface area contributed by atoms with Gasteiger partial charge in [0, 0.05) is 11.8 Å². The number of nitroso groups, excluding NO2 is 1. The second-order valence-corrected chi connectivity index (χ2v) is 4.33. The van der Waals surface area contributed by atoms with Gasteiger partial charge in [-0.2, -0.15) is 4.91 Å². The average Bonchev–Trinajstić information content (AvgIpc) is 2.33. The third kappa shape index (κ3) is 2.44. The summed E-state index contributed by atoms with van der Waals surface area (Å²) in [6, 6.07) is -0.0669. The maximum Gasteiger partial charge on any atom is 0.105 e. The first-order valence-electron chi connectivity index (χ1n) is 5.74. The molecule has 3 atom stereocenters. The number of hydrogen-bond acceptors (Lipinski definition) is 2. The van der Waals surface area contributed by atoms with Crippen LogP contribution in [-0.4, -0.2) is 6.04 Å². The molecule has 0 heterocycles. The van der Waals surface area contributed by atoms with Gasteiger partial charge in [-0.25, -0.2) is 0 Å². The lowest BCUT2D eigenvalue weighted by Gasteiger charge is -2.26. The molecule has 0 aliphatic heterocycles. The second-order valence-electron chi connectivity index (χ2n) is 4.33. The van der Waals surface area contributed by atoms with Crippen molar-refractivity contribution in [3.8, 4) is 0 Å². The van der Waals surface area contributed by atoms with Crippen molar-refractivity contribution in [1.82, 2.24) is 0 Å². The van der Waals surface area contributed by atoms with Crippen molar-refractivity contribution in [3.05, 3.63) is 41.4 Å². The topological polar surface area (TPSA) is 29.4 Å². The molecule has 2 rings (SSSR count). The zero-order valence-corrected chi connectivity index (χ0v) is 8.88. The molecule has 0 N–H and O–H groups in total. The van der Waals surface area contributed by atoms with E-state index >= 15 is 0 Å². The Morgan fingerprint density at radius 1 is 1.13 bits per heavy atom. The number of nitrogens with zero attached hydrogens (tertiary/aromatic N) is 1. The van der Waals surface area contributed by atoms with E-state index in [-0.39, 0.29) is 6.04 Å². The zero-order chi connectivity index (χ0) is 10.5. The van der Waals surface area contributed by atoms with Crippen LogP contribution >= 0.6 is 0 Å². The summed E-state index contributed by atoms with van der Waals surface area (Å²) in [6.45, 7) is 0. The molecule has 0 aromatic heterocycles. The third-order valence-electron chi connectivity index (χ3n) is 3.30. The molecule has 2 aliphatic rings. The lowest BCUT2D eigenvalue weighted by Crippen LogP contribution is -2.26. The van der Waals surface area contributed by atoms with Crippen molar-refractivity contribution < 1.29 is 0 Å². The first-order chi connectivity index (χ1) is 7.42. The van der Waals surface area contributed by atoms with Gasteiger partial charge in [0.15, 0.2) is 0 Å². The summed E-state index contributed by atoms with van der Waals surface area (Å²) in [5.74, 6) is 0.664. The van der Waals surface area contributed by atoms with E-state index in [0.29, 0.717) is 11.8 Å². The van der Waals surface area contributed by atoms with Crippen molar-refractivity contribution in [2.45, 2.75) is 31.7 Å². The fraction of sp³-hybridized carbons (Fsp3) is 0.538. The molecule has 80 valence electrons. The second kappa shape index (κ2) is 5.06. The Morgan fingerprint density at radius 3 is 2.67 bits per heavy atom. The molecule has 0 saturated carbocycles. The molecule has 0 amide bonds. The molecule has 0 saturated heterocycles. The Labute approximate surface area is 90.7 Å². The molecule has 3 unspecified atom stereocenters. The van der Waals surface area contributed by atoms with Crippen LogP contribution in [0, 0.1) is 16.7 Å². The molecule has 0 bridgehead atoms. The van der Waals surface area contributed by atoms with Gasteiger partial charge >= 0.3 is 0 Å². The smallest absolute Gasteiger partial charge is 0.105 e. The van der Waals surface area contributed by atoms with E-state index in [1.807, 2.05) is 12.2 Å². The van der Waals surface area contributed by atoms with E-state index in [1.54, 1.807) is 0 Å². The molecule has 2 heteroatoms. The predicted molar refractivity (Wildman–Crippen MR) is 62.5 cm³/mol. The third-order valence-corrected chi connectivity index (χ3v) is 3.30. The Morgan fingerprint density at radius 2 is 2.07 bits per heavy atom. The Bertz CT molecular complexity index is 302. The summed E-state index contributed by atoms with van der Waals surface area (Å²) in [5.41, 5.74) is 0. The maximum atomic E-state index is 11.0. The summed E-state index contributed by atoms with van der Waals surface area (Å²) in [6.07, 6.45) is 17.1. The van der Waals surface area contributed by atoms with Crippen LogP contribution in [0.4, 0.5) is 0 Å². The monoisotopic (exact) mass is 203 g/mol. The van der Waals surface area contributed by atoms with E-state index in [1.165, 1.54) is 6.42 Å². The van der Waals surface area contributed by atoms with Crippen LogP contribution in [0.1, 0.15) is 25.7 Å². The van der Waals surface area contributed by atoms with Crippen LogP contribution in [0.15, 0.2) is 41.6 Å². The molecule has 0 spiro atoms. The van der Waals surface area contributed by atoms with Gasteiger partial charge in [-0.3, -0.25) is 0 Å². The van der Waals surface area contributed by atoms with Gasteiger partial charge in [-0.15, -0.1) is 0 Å². The van der Waals surface area contributed by atoms with E-state index in [9.17, 15) is 4.91 Å². The fourth-order valence-electron chi connectivity index (χ4n) is 2.45. The molecule has 2 nitrogen and oxygen atoms in total. The molecular weight excluding hydrogens is 186 g/mol. The van der Waals surface area contributed by atoms with Crippen molar-refractivity contribution >= 4 is 0 Å². The summed E-state index contributed by atoms with van der Waals surface area (Å²) in [4.78, 5) is 11.0. The average molecular weight is 203 g/mol. The summed E-state index contributed by atoms with van der Waals surface area (Å²) < 4.78 is 0. The van der Waals surface area contributed by atoms with Gasteiger partial charge < -0.3 is 0 Å². The highest BCUT2D eigenvalue weighted by Gasteiger charge is 2.28. The van der Waals surface area contributed by atoms with Gasteiger partial charge in [-0.05, 0) is 25.7 Å². The molecular formula is C13H17NO. The van der Waals surface area contributed by atoms with Crippen molar-refractivity contribution in [3.63, 3.8) is 0 Å². The van der Waals surface area contributed by atoms with Crippen LogP contribution in [0.3, 0.4) is 0 Å². The van der Waals surface area contributed by atoms with Crippen molar-refractivity contribution in [2.75, 3.05) is 0 Å².